The second kappa shape index (κ2) is 8.05. The third-order valence-corrected chi connectivity index (χ3v) is 3.38. The number of hydrogen-bond acceptors (Lipinski definition) is 4. The molecule has 2 rings (SSSR count). The first kappa shape index (κ1) is 18.1. The maximum absolute atomic E-state index is 12.8. The lowest BCUT2D eigenvalue weighted by molar-refractivity contribution is -0.115. The number of carbonyl (C=O) groups is 2. The number of nitrogens with one attached hydrogen (secondary N) is 2. The van der Waals surface area contributed by atoms with Crippen LogP contribution in [0.4, 0.5) is 10.1 Å². The predicted octanol–water partition coefficient (Wildman–Crippen LogP) is 2.97. The van der Waals surface area contributed by atoms with E-state index in [2.05, 4.69) is 15.8 Å². The number of halogens is 1. The molecule has 2 aromatic carbocycles. The fourth-order valence-electron chi connectivity index (χ4n) is 2.06. The highest BCUT2D eigenvalue weighted by Crippen LogP contribution is 2.21. The molecule has 0 bridgehead atoms. The molecule has 130 valence electrons. The van der Waals surface area contributed by atoms with E-state index in [1.165, 1.54) is 30.3 Å². The Morgan fingerprint density at radius 2 is 1.84 bits per heavy atom. The van der Waals surface area contributed by atoms with E-state index in [0.717, 1.165) is 0 Å². The van der Waals surface area contributed by atoms with Gasteiger partial charge >= 0.3 is 0 Å². The van der Waals surface area contributed by atoms with Crippen molar-refractivity contribution in [1.82, 2.24) is 5.43 Å². The molecule has 0 aliphatic carbocycles. The molecule has 0 saturated carbocycles. The van der Waals surface area contributed by atoms with Crippen LogP contribution in [0.15, 0.2) is 47.6 Å². The van der Waals surface area contributed by atoms with Gasteiger partial charge in [0.2, 0.25) is 5.91 Å². The van der Waals surface area contributed by atoms with Crippen LogP contribution in [0.3, 0.4) is 0 Å². The normalized spacial score (nSPS) is 11.1. The lowest BCUT2D eigenvalue weighted by atomic mass is 10.1. The lowest BCUT2D eigenvalue weighted by Crippen LogP contribution is -2.21. The molecule has 0 atom stereocenters. The van der Waals surface area contributed by atoms with Crippen molar-refractivity contribution in [3.8, 4) is 5.75 Å². The fraction of sp³-hybridized carbons (Fsp3) is 0.167. The van der Waals surface area contributed by atoms with Gasteiger partial charge in [-0.25, -0.2) is 9.82 Å². The number of hydrogen-bond donors (Lipinski definition) is 3. The molecule has 25 heavy (non-hydrogen) atoms. The summed E-state index contributed by atoms with van der Waals surface area (Å²) in [6, 6.07) is 10.2. The fourth-order valence-corrected chi connectivity index (χ4v) is 2.06. The number of para-hydroxylation sites is 1. The molecule has 2 amide bonds. The first-order valence-electron chi connectivity index (χ1n) is 7.54. The van der Waals surface area contributed by atoms with Crippen LogP contribution >= 0.6 is 0 Å². The zero-order chi connectivity index (χ0) is 18.4. The van der Waals surface area contributed by atoms with Gasteiger partial charge in [0.05, 0.1) is 12.0 Å². The van der Waals surface area contributed by atoms with Gasteiger partial charge in [-0.15, -0.1) is 0 Å². The van der Waals surface area contributed by atoms with Gasteiger partial charge in [-0.2, -0.15) is 5.10 Å². The summed E-state index contributed by atoms with van der Waals surface area (Å²) >= 11 is 0. The second-order valence-electron chi connectivity index (χ2n) is 5.49. The number of carbonyl (C=O) groups excluding carboxylic acids is 2. The summed E-state index contributed by atoms with van der Waals surface area (Å²) in [5.41, 5.74) is 3.82. The number of aromatic hydroxyl groups is 1. The Labute approximate surface area is 144 Å². The third kappa shape index (κ3) is 5.13. The number of amides is 2. The zero-order valence-electron chi connectivity index (χ0n) is 13.8. The summed E-state index contributed by atoms with van der Waals surface area (Å²) in [6.07, 6.45) is -0.0442. The molecule has 0 radical (unpaired) electrons. The van der Waals surface area contributed by atoms with E-state index < -0.39 is 11.7 Å². The largest absolute Gasteiger partial charge is 0.507 e. The van der Waals surface area contributed by atoms with E-state index in [0.29, 0.717) is 17.0 Å². The number of nitrogens with zero attached hydrogens (tertiary/aromatic N) is 1. The van der Waals surface area contributed by atoms with Crippen molar-refractivity contribution in [2.75, 3.05) is 5.32 Å². The van der Waals surface area contributed by atoms with Crippen LogP contribution in [0.25, 0.3) is 0 Å². The van der Waals surface area contributed by atoms with Crippen molar-refractivity contribution in [2.24, 2.45) is 5.10 Å². The number of benzene rings is 2. The second-order valence-corrected chi connectivity index (χ2v) is 5.49. The summed E-state index contributed by atoms with van der Waals surface area (Å²) < 4.78 is 12.8. The number of aryl methyl sites for hydroxylation is 1. The van der Waals surface area contributed by atoms with E-state index in [9.17, 15) is 19.1 Å². The van der Waals surface area contributed by atoms with Gasteiger partial charge in [0.25, 0.3) is 5.91 Å². The van der Waals surface area contributed by atoms with Gasteiger partial charge in [-0.3, -0.25) is 9.59 Å². The first-order valence-corrected chi connectivity index (χ1v) is 7.54. The van der Waals surface area contributed by atoms with Gasteiger partial charge < -0.3 is 10.4 Å². The van der Waals surface area contributed by atoms with E-state index in [1.807, 2.05) is 0 Å². The predicted molar refractivity (Wildman–Crippen MR) is 93.1 cm³/mol. The summed E-state index contributed by atoms with van der Waals surface area (Å²) in [6.45, 7) is 3.26. The van der Waals surface area contributed by atoms with E-state index in [1.54, 1.807) is 26.0 Å². The Bertz CT molecular complexity index is 817. The van der Waals surface area contributed by atoms with Gasteiger partial charge in [0.15, 0.2) is 0 Å². The Hall–Kier alpha value is -3.22. The van der Waals surface area contributed by atoms with E-state index >= 15 is 0 Å². The molecule has 6 nitrogen and oxygen atoms in total. The standard InChI is InChI=1S/C18H18FN3O3/c1-11-4-3-5-15(17(11)24)18(25)22-21-12(2)10-16(23)20-14-8-6-13(19)7-9-14/h3-9,24H,10H2,1-2H3,(H,20,23)(H,22,25)/b21-12+. The van der Waals surface area contributed by atoms with Crippen LogP contribution in [-0.2, 0) is 4.79 Å². The number of rotatable bonds is 5. The molecule has 2 aromatic rings. The number of phenols is 1. The quantitative estimate of drug-likeness (QED) is 0.576. The number of anilines is 1. The van der Waals surface area contributed by atoms with Crippen molar-refractivity contribution in [3.63, 3.8) is 0 Å². The van der Waals surface area contributed by atoms with Crippen molar-refractivity contribution in [3.05, 3.63) is 59.4 Å². The van der Waals surface area contributed by atoms with Crippen LogP contribution in [0, 0.1) is 12.7 Å². The molecule has 0 heterocycles. The van der Waals surface area contributed by atoms with Crippen LogP contribution in [0.5, 0.6) is 5.75 Å². The minimum atomic E-state index is -0.570. The van der Waals surface area contributed by atoms with Gasteiger partial charge in [-0.1, -0.05) is 12.1 Å². The zero-order valence-corrected chi connectivity index (χ0v) is 13.8. The molecule has 7 heteroatoms. The van der Waals surface area contributed by atoms with Crippen molar-refractivity contribution < 1.29 is 19.1 Å². The van der Waals surface area contributed by atoms with Crippen molar-refractivity contribution in [2.45, 2.75) is 20.3 Å². The van der Waals surface area contributed by atoms with Crippen molar-refractivity contribution in [1.29, 1.82) is 0 Å². The SMILES string of the molecule is C/C(CC(=O)Nc1ccc(F)cc1)=N\NC(=O)c1cccc(C)c1O. The molecular formula is C18H18FN3O3. The minimum absolute atomic E-state index is 0.0442. The van der Waals surface area contributed by atoms with Crippen molar-refractivity contribution >= 4 is 23.2 Å². The van der Waals surface area contributed by atoms with Crippen LogP contribution < -0.4 is 10.7 Å². The molecule has 0 fully saturated rings. The van der Waals surface area contributed by atoms with Crippen LogP contribution in [0.1, 0.15) is 29.3 Å². The molecule has 0 saturated heterocycles. The maximum Gasteiger partial charge on any atom is 0.275 e. The molecule has 0 aromatic heterocycles. The Morgan fingerprint density at radius 1 is 1.16 bits per heavy atom. The Kier molecular flexibility index (Phi) is 5.84. The summed E-state index contributed by atoms with van der Waals surface area (Å²) in [7, 11) is 0. The minimum Gasteiger partial charge on any atom is -0.507 e. The number of phenolic OH excluding ortho intramolecular Hbond substituents is 1. The molecular weight excluding hydrogens is 325 g/mol. The topological polar surface area (TPSA) is 90.8 Å². The summed E-state index contributed by atoms with van der Waals surface area (Å²) in [5.74, 6) is -1.42. The maximum atomic E-state index is 12.8. The summed E-state index contributed by atoms with van der Waals surface area (Å²) in [4.78, 5) is 23.9. The number of hydrazone groups is 1. The lowest BCUT2D eigenvalue weighted by Gasteiger charge is -2.07. The molecule has 0 aliphatic heterocycles. The molecule has 0 unspecified atom stereocenters. The Morgan fingerprint density at radius 3 is 2.52 bits per heavy atom. The van der Waals surface area contributed by atoms with Gasteiger partial charge in [0, 0.05) is 11.4 Å². The third-order valence-electron chi connectivity index (χ3n) is 3.38. The highest BCUT2D eigenvalue weighted by atomic mass is 19.1. The van der Waals surface area contributed by atoms with Gasteiger partial charge in [-0.05, 0) is 49.7 Å². The van der Waals surface area contributed by atoms with E-state index in [-0.39, 0.29) is 23.6 Å². The average Bonchev–Trinajstić information content (AvgIpc) is 2.57. The van der Waals surface area contributed by atoms with Gasteiger partial charge in [0.1, 0.15) is 11.6 Å². The molecule has 0 spiro atoms. The summed E-state index contributed by atoms with van der Waals surface area (Å²) in [5, 5.41) is 16.3. The Balaban J connectivity index is 1.92. The first-order chi connectivity index (χ1) is 11.9. The van der Waals surface area contributed by atoms with Crippen LogP contribution in [0.2, 0.25) is 0 Å². The monoisotopic (exact) mass is 343 g/mol. The molecule has 3 N–H and O–H groups in total. The highest BCUT2D eigenvalue weighted by Gasteiger charge is 2.12. The average molecular weight is 343 g/mol. The molecule has 0 aliphatic rings. The van der Waals surface area contributed by atoms with Crippen LogP contribution in [-0.4, -0.2) is 22.6 Å². The van der Waals surface area contributed by atoms with E-state index in [4.69, 9.17) is 0 Å². The highest BCUT2D eigenvalue weighted by molar-refractivity contribution is 6.06. The smallest absolute Gasteiger partial charge is 0.275 e.